The Morgan fingerprint density at radius 2 is 2.16 bits per heavy atom. The summed E-state index contributed by atoms with van der Waals surface area (Å²) in [6, 6.07) is 5.32. The number of carbonyl (C=O) groups excluding carboxylic acids is 1. The lowest BCUT2D eigenvalue weighted by molar-refractivity contribution is -0.118. The van der Waals surface area contributed by atoms with Crippen molar-refractivity contribution in [3.63, 3.8) is 0 Å². The van der Waals surface area contributed by atoms with Gasteiger partial charge in [0.15, 0.2) is 6.61 Å². The lowest BCUT2D eigenvalue weighted by Gasteiger charge is -2.16. The topological polar surface area (TPSA) is 117 Å². The van der Waals surface area contributed by atoms with E-state index in [0.717, 1.165) is 14.4 Å². The van der Waals surface area contributed by atoms with Gasteiger partial charge in [-0.05, 0) is 18.2 Å². The van der Waals surface area contributed by atoms with Gasteiger partial charge in [0.25, 0.3) is 12.0 Å². The molecule has 32 heavy (non-hydrogen) atoms. The van der Waals surface area contributed by atoms with Gasteiger partial charge in [0.1, 0.15) is 12.0 Å². The maximum absolute atomic E-state index is 12.8. The smallest absolute Gasteiger partial charge is 0.346 e. The molecular formula is C20H16F2N6O3S. The van der Waals surface area contributed by atoms with E-state index in [2.05, 4.69) is 27.2 Å². The molecule has 1 amide bonds. The van der Waals surface area contributed by atoms with Crippen LogP contribution in [0, 0.1) is 11.8 Å². The van der Waals surface area contributed by atoms with Gasteiger partial charge in [-0.3, -0.25) is 9.36 Å². The molecule has 0 saturated heterocycles. The largest absolute Gasteiger partial charge is 0.466 e. The minimum Gasteiger partial charge on any atom is -0.466 e. The summed E-state index contributed by atoms with van der Waals surface area (Å²) in [4.78, 5) is 29.5. The van der Waals surface area contributed by atoms with Crippen LogP contribution in [0.2, 0.25) is 0 Å². The number of carbonyl (C=O) groups is 1. The van der Waals surface area contributed by atoms with E-state index in [1.54, 1.807) is 12.3 Å². The molecule has 0 fully saturated rings. The zero-order chi connectivity index (χ0) is 22.7. The Balaban J connectivity index is 1.46. The Kier molecular flexibility index (Phi) is 6.11. The zero-order valence-corrected chi connectivity index (χ0v) is 17.3. The fraction of sp³-hybridized carbons (Fsp3) is 0.200. The molecule has 1 aliphatic heterocycles. The van der Waals surface area contributed by atoms with Crippen LogP contribution in [0.4, 0.5) is 14.5 Å². The first-order valence-electron chi connectivity index (χ1n) is 9.31. The van der Waals surface area contributed by atoms with Gasteiger partial charge in [-0.1, -0.05) is 11.8 Å². The van der Waals surface area contributed by atoms with E-state index < -0.39 is 11.8 Å². The number of hydrogen-bond acceptors (Lipinski definition) is 7. The van der Waals surface area contributed by atoms with Crippen molar-refractivity contribution < 1.29 is 18.3 Å². The number of nitrogens with zero attached hydrogens (tertiary/aromatic N) is 4. The molecule has 9 nitrogen and oxygen atoms in total. The predicted molar refractivity (Wildman–Crippen MR) is 113 cm³/mol. The highest BCUT2D eigenvalue weighted by Gasteiger charge is 2.17. The van der Waals surface area contributed by atoms with Crippen LogP contribution in [0.3, 0.4) is 0 Å². The third-order valence-electron chi connectivity index (χ3n) is 4.43. The number of rotatable bonds is 5. The average Bonchev–Trinajstić information content (AvgIpc) is 3.37. The van der Waals surface area contributed by atoms with Gasteiger partial charge >= 0.3 is 5.69 Å². The van der Waals surface area contributed by atoms with Gasteiger partial charge in [-0.2, -0.15) is 13.9 Å². The minimum atomic E-state index is -1.90. The van der Waals surface area contributed by atoms with E-state index in [1.165, 1.54) is 22.2 Å². The summed E-state index contributed by atoms with van der Waals surface area (Å²) < 4.78 is 33.0. The Hall–Kier alpha value is -3.82. The standard InChI is InChI=1S/C20H16F2N6O3S/c21-18(22)13(6-23)8-28-20(30)27(11-25-28)9-15-4-3-14(32-15)2-1-12-5-16-19(24-7-12)31-10-17(29)26-16/h3-5,7,11H,6,8-10,23H2,(H,26,29). The second-order valence-electron chi connectivity index (χ2n) is 6.70. The summed E-state index contributed by atoms with van der Waals surface area (Å²) in [6.45, 7) is -0.544. The summed E-state index contributed by atoms with van der Waals surface area (Å²) >= 11 is 1.38. The van der Waals surface area contributed by atoms with Crippen LogP contribution in [0.1, 0.15) is 15.3 Å². The number of halogens is 2. The van der Waals surface area contributed by atoms with E-state index in [9.17, 15) is 18.4 Å². The highest BCUT2D eigenvalue weighted by molar-refractivity contribution is 7.12. The number of nitrogens with two attached hydrogens (primary N) is 1. The molecule has 3 aromatic heterocycles. The third kappa shape index (κ3) is 4.74. The Labute approximate surface area is 184 Å². The molecule has 164 valence electrons. The number of ether oxygens (including phenoxy) is 1. The molecule has 4 rings (SSSR count). The van der Waals surface area contributed by atoms with Crippen LogP contribution in [0.15, 0.2) is 47.2 Å². The lowest BCUT2D eigenvalue weighted by atomic mass is 10.2. The molecule has 0 atom stereocenters. The lowest BCUT2D eigenvalue weighted by Crippen LogP contribution is -2.27. The molecule has 12 heteroatoms. The third-order valence-corrected chi connectivity index (χ3v) is 5.42. The normalized spacial score (nSPS) is 12.3. The Morgan fingerprint density at radius 3 is 2.94 bits per heavy atom. The number of amides is 1. The number of aromatic nitrogens is 4. The molecule has 0 spiro atoms. The summed E-state index contributed by atoms with van der Waals surface area (Å²) in [6.07, 6.45) is 0.947. The van der Waals surface area contributed by atoms with Crippen molar-refractivity contribution in [2.75, 3.05) is 18.5 Å². The molecule has 0 aromatic carbocycles. The molecule has 3 aromatic rings. The van der Waals surface area contributed by atoms with Gasteiger partial charge in [-0.15, -0.1) is 11.3 Å². The average molecular weight is 458 g/mol. The predicted octanol–water partition coefficient (Wildman–Crippen LogP) is 1.39. The van der Waals surface area contributed by atoms with Crippen LogP contribution >= 0.6 is 11.3 Å². The first kappa shape index (κ1) is 21.4. The zero-order valence-electron chi connectivity index (χ0n) is 16.5. The van der Waals surface area contributed by atoms with Crippen LogP contribution in [0.25, 0.3) is 0 Å². The van der Waals surface area contributed by atoms with E-state index in [-0.39, 0.29) is 37.7 Å². The van der Waals surface area contributed by atoms with E-state index in [0.29, 0.717) is 17.1 Å². The van der Waals surface area contributed by atoms with Crippen molar-refractivity contribution in [1.82, 2.24) is 19.3 Å². The number of fused-ring (bicyclic) bond motifs is 1. The molecule has 0 aliphatic carbocycles. The Bertz CT molecular complexity index is 1330. The van der Waals surface area contributed by atoms with Crippen molar-refractivity contribution >= 4 is 22.9 Å². The second kappa shape index (κ2) is 9.13. The van der Waals surface area contributed by atoms with Crippen molar-refractivity contribution in [1.29, 1.82) is 0 Å². The van der Waals surface area contributed by atoms with Gasteiger partial charge in [0.2, 0.25) is 5.88 Å². The van der Waals surface area contributed by atoms with Crippen molar-refractivity contribution in [3.8, 4) is 17.7 Å². The molecule has 0 unspecified atom stereocenters. The fourth-order valence-corrected chi connectivity index (χ4v) is 3.71. The maximum Gasteiger partial charge on any atom is 0.346 e. The molecular weight excluding hydrogens is 442 g/mol. The fourth-order valence-electron chi connectivity index (χ4n) is 2.85. The van der Waals surface area contributed by atoms with Gasteiger partial charge in [0, 0.05) is 28.8 Å². The van der Waals surface area contributed by atoms with Crippen molar-refractivity contribution in [2.45, 2.75) is 13.1 Å². The first-order valence-corrected chi connectivity index (χ1v) is 10.1. The van der Waals surface area contributed by atoms with Gasteiger partial charge in [0.05, 0.1) is 18.0 Å². The molecule has 4 heterocycles. The van der Waals surface area contributed by atoms with E-state index in [4.69, 9.17) is 10.5 Å². The summed E-state index contributed by atoms with van der Waals surface area (Å²) in [5.41, 5.74) is 5.51. The molecule has 0 bridgehead atoms. The Morgan fingerprint density at radius 1 is 1.31 bits per heavy atom. The van der Waals surface area contributed by atoms with Crippen LogP contribution in [-0.2, 0) is 17.9 Å². The summed E-state index contributed by atoms with van der Waals surface area (Å²) in [5, 5.41) is 6.55. The molecule has 0 radical (unpaired) electrons. The number of nitrogens with one attached hydrogen (secondary N) is 1. The number of thiophene rings is 1. The number of hydrogen-bond donors (Lipinski definition) is 2. The highest BCUT2D eigenvalue weighted by Crippen LogP contribution is 2.25. The van der Waals surface area contributed by atoms with Gasteiger partial charge < -0.3 is 15.8 Å². The molecule has 1 aliphatic rings. The minimum absolute atomic E-state index is 0.0669. The van der Waals surface area contributed by atoms with Crippen molar-refractivity contribution in [3.05, 3.63) is 68.2 Å². The summed E-state index contributed by atoms with van der Waals surface area (Å²) in [7, 11) is 0. The number of anilines is 1. The SMILES string of the molecule is NCC(Cn1ncn(Cc2ccc(C#Cc3cnc4c(c3)NC(=O)CO4)s2)c1=O)=C(F)F. The van der Waals surface area contributed by atoms with E-state index in [1.807, 2.05) is 12.1 Å². The van der Waals surface area contributed by atoms with Gasteiger partial charge in [-0.25, -0.2) is 14.5 Å². The quantitative estimate of drug-likeness (QED) is 0.558. The highest BCUT2D eigenvalue weighted by atomic mass is 32.1. The van der Waals surface area contributed by atoms with Crippen LogP contribution < -0.4 is 21.5 Å². The number of pyridine rings is 1. The monoisotopic (exact) mass is 458 g/mol. The van der Waals surface area contributed by atoms with Crippen LogP contribution in [0.5, 0.6) is 5.88 Å². The summed E-state index contributed by atoms with van der Waals surface area (Å²) in [5.74, 6) is 6.09. The molecule has 0 saturated carbocycles. The van der Waals surface area contributed by atoms with Crippen molar-refractivity contribution in [2.24, 2.45) is 5.73 Å². The van der Waals surface area contributed by atoms with E-state index >= 15 is 0 Å². The maximum atomic E-state index is 12.8. The molecule has 3 N–H and O–H groups in total. The first-order chi connectivity index (χ1) is 15.4. The van der Waals surface area contributed by atoms with Crippen LogP contribution in [-0.4, -0.2) is 38.4 Å². The second-order valence-corrected chi connectivity index (χ2v) is 7.86.